The molecule has 4 nitrogen and oxygen atoms in total. The molecular formula is C13H27NO3. The molecule has 0 aromatic heterocycles. The molecule has 0 radical (unpaired) electrons. The molecule has 0 aliphatic heterocycles. The Bertz CT molecular complexity index is 209. The molecule has 2 atom stereocenters. The number of hydrogen-bond donors (Lipinski definition) is 2. The standard InChI is InChI=1S/C13H27NO3/c1-4-16-5-6-17-10-12(15)9-14-8-11-7-13(11,2)3/h11-12,14-15H,4-10H2,1-3H3. The van der Waals surface area contributed by atoms with Crippen molar-refractivity contribution in [1.82, 2.24) is 5.32 Å². The van der Waals surface area contributed by atoms with Crippen LogP contribution in [0.1, 0.15) is 27.2 Å². The summed E-state index contributed by atoms with van der Waals surface area (Å²) in [6, 6.07) is 0. The van der Waals surface area contributed by atoms with Gasteiger partial charge in [-0.05, 0) is 31.2 Å². The van der Waals surface area contributed by atoms with Crippen LogP contribution < -0.4 is 5.32 Å². The van der Waals surface area contributed by atoms with Crippen molar-refractivity contribution in [2.24, 2.45) is 11.3 Å². The second kappa shape index (κ2) is 7.31. The molecule has 0 saturated heterocycles. The largest absolute Gasteiger partial charge is 0.389 e. The van der Waals surface area contributed by atoms with Crippen LogP contribution in [-0.4, -0.2) is 50.7 Å². The van der Waals surface area contributed by atoms with Gasteiger partial charge >= 0.3 is 0 Å². The van der Waals surface area contributed by atoms with E-state index in [0.717, 1.165) is 12.5 Å². The van der Waals surface area contributed by atoms with Crippen LogP contribution in [-0.2, 0) is 9.47 Å². The van der Waals surface area contributed by atoms with Gasteiger partial charge in [-0.3, -0.25) is 0 Å². The average molecular weight is 245 g/mol. The van der Waals surface area contributed by atoms with Crippen LogP contribution >= 0.6 is 0 Å². The normalized spacial score (nSPS) is 23.6. The van der Waals surface area contributed by atoms with E-state index in [1.54, 1.807) is 0 Å². The molecule has 0 aromatic rings. The van der Waals surface area contributed by atoms with Crippen molar-refractivity contribution in [3.05, 3.63) is 0 Å². The maximum Gasteiger partial charge on any atom is 0.0897 e. The van der Waals surface area contributed by atoms with Gasteiger partial charge in [0.25, 0.3) is 0 Å². The van der Waals surface area contributed by atoms with Gasteiger partial charge in [-0.15, -0.1) is 0 Å². The van der Waals surface area contributed by atoms with E-state index in [9.17, 15) is 5.11 Å². The molecule has 2 N–H and O–H groups in total. The second-order valence-corrected chi connectivity index (χ2v) is 5.47. The Balaban J connectivity index is 1.86. The molecule has 2 unspecified atom stereocenters. The molecule has 102 valence electrons. The van der Waals surface area contributed by atoms with E-state index in [0.29, 0.717) is 38.4 Å². The first kappa shape index (κ1) is 14.9. The summed E-state index contributed by atoms with van der Waals surface area (Å²) in [6.45, 7) is 10.4. The fourth-order valence-electron chi connectivity index (χ4n) is 1.89. The molecule has 17 heavy (non-hydrogen) atoms. The lowest BCUT2D eigenvalue weighted by Gasteiger charge is -2.12. The molecule has 1 rings (SSSR count). The van der Waals surface area contributed by atoms with Crippen LogP contribution in [0.4, 0.5) is 0 Å². The first-order chi connectivity index (χ1) is 8.06. The van der Waals surface area contributed by atoms with Crippen molar-refractivity contribution in [3.63, 3.8) is 0 Å². The van der Waals surface area contributed by atoms with E-state index in [2.05, 4.69) is 19.2 Å². The zero-order chi connectivity index (χ0) is 12.7. The molecule has 0 bridgehead atoms. The highest BCUT2D eigenvalue weighted by atomic mass is 16.5. The Labute approximate surface area is 105 Å². The van der Waals surface area contributed by atoms with Gasteiger partial charge in [0.1, 0.15) is 0 Å². The fraction of sp³-hybridized carbons (Fsp3) is 1.00. The van der Waals surface area contributed by atoms with Crippen molar-refractivity contribution < 1.29 is 14.6 Å². The Kier molecular flexibility index (Phi) is 6.41. The van der Waals surface area contributed by atoms with E-state index in [-0.39, 0.29) is 0 Å². The van der Waals surface area contributed by atoms with E-state index in [1.165, 1.54) is 6.42 Å². The quantitative estimate of drug-likeness (QED) is 0.565. The number of hydrogen-bond acceptors (Lipinski definition) is 4. The summed E-state index contributed by atoms with van der Waals surface area (Å²) in [5, 5.41) is 12.9. The van der Waals surface area contributed by atoms with Crippen molar-refractivity contribution in [2.75, 3.05) is 39.5 Å². The first-order valence-corrected chi connectivity index (χ1v) is 6.60. The van der Waals surface area contributed by atoms with Gasteiger partial charge in [-0.2, -0.15) is 0 Å². The summed E-state index contributed by atoms with van der Waals surface area (Å²) in [7, 11) is 0. The monoisotopic (exact) mass is 245 g/mol. The van der Waals surface area contributed by atoms with Crippen molar-refractivity contribution in [3.8, 4) is 0 Å². The number of aliphatic hydroxyl groups is 1. The third-order valence-electron chi connectivity index (χ3n) is 3.37. The smallest absolute Gasteiger partial charge is 0.0897 e. The highest BCUT2D eigenvalue weighted by Crippen LogP contribution is 2.50. The lowest BCUT2D eigenvalue weighted by Crippen LogP contribution is -2.32. The molecule has 0 amide bonds. The topological polar surface area (TPSA) is 50.7 Å². The van der Waals surface area contributed by atoms with Gasteiger partial charge < -0.3 is 19.9 Å². The van der Waals surface area contributed by atoms with Crippen LogP contribution in [0.3, 0.4) is 0 Å². The highest BCUT2D eigenvalue weighted by molar-refractivity contribution is 4.96. The predicted molar refractivity (Wildman–Crippen MR) is 68.1 cm³/mol. The van der Waals surface area contributed by atoms with Gasteiger partial charge in [0.2, 0.25) is 0 Å². The summed E-state index contributed by atoms with van der Waals surface area (Å²) >= 11 is 0. The Morgan fingerprint density at radius 1 is 1.35 bits per heavy atom. The highest BCUT2D eigenvalue weighted by Gasteiger charge is 2.44. The third-order valence-corrected chi connectivity index (χ3v) is 3.37. The van der Waals surface area contributed by atoms with Gasteiger partial charge in [-0.25, -0.2) is 0 Å². The third kappa shape index (κ3) is 6.36. The minimum atomic E-state index is -0.418. The second-order valence-electron chi connectivity index (χ2n) is 5.47. The minimum Gasteiger partial charge on any atom is -0.389 e. The van der Waals surface area contributed by atoms with E-state index in [1.807, 2.05) is 6.92 Å². The Hall–Kier alpha value is -0.160. The molecule has 1 fully saturated rings. The van der Waals surface area contributed by atoms with E-state index >= 15 is 0 Å². The lowest BCUT2D eigenvalue weighted by molar-refractivity contribution is 0.00644. The summed E-state index contributed by atoms with van der Waals surface area (Å²) in [5.41, 5.74) is 0.506. The van der Waals surface area contributed by atoms with Gasteiger partial charge in [0.15, 0.2) is 0 Å². The zero-order valence-corrected chi connectivity index (χ0v) is 11.4. The summed E-state index contributed by atoms with van der Waals surface area (Å²) < 4.78 is 10.4. The molecular weight excluding hydrogens is 218 g/mol. The van der Waals surface area contributed by atoms with Crippen LogP contribution in [0.15, 0.2) is 0 Å². The van der Waals surface area contributed by atoms with Crippen molar-refractivity contribution in [1.29, 1.82) is 0 Å². The maximum atomic E-state index is 9.64. The molecule has 1 aliphatic carbocycles. The fourth-order valence-corrected chi connectivity index (χ4v) is 1.89. The number of nitrogens with one attached hydrogen (secondary N) is 1. The Morgan fingerprint density at radius 3 is 2.59 bits per heavy atom. The first-order valence-electron chi connectivity index (χ1n) is 6.60. The molecule has 1 aliphatic rings. The van der Waals surface area contributed by atoms with Gasteiger partial charge in [0, 0.05) is 13.2 Å². The van der Waals surface area contributed by atoms with E-state index in [4.69, 9.17) is 9.47 Å². The maximum absolute atomic E-state index is 9.64. The molecule has 0 aromatic carbocycles. The molecule has 1 saturated carbocycles. The SMILES string of the molecule is CCOCCOCC(O)CNCC1CC1(C)C. The van der Waals surface area contributed by atoms with Crippen LogP contribution in [0, 0.1) is 11.3 Å². The minimum absolute atomic E-state index is 0.383. The summed E-state index contributed by atoms with van der Waals surface area (Å²) in [6.07, 6.45) is 0.875. The predicted octanol–water partition coefficient (Wildman–Crippen LogP) is 1.04. The Morgan fingerprint density at radius 2 is 2.00 bits per heavy atom. The van der Waals surface area contributed by atoms with Gasteiger partial charge in [0.05, 0.1) is 25.9 Å². The van der Waals surface area contributed by atoms with Gasteiger partial charge in [-0.1, -0.05) is 13.8 Å². The molecule has 4 heteroatoms. The molecule has 0 heterocycles. The van der Waals surface area contributed by atoms with Crippen LogP contribution in [0.2, 0.25) is 0 Å². The molecule has 0 spiro atoms. The van der Waals surface area contributed by atoms with Crippen molar-refractivity contribution >= 4 is 0 Å². The average Bonchev–Trinajstić information content (AvgIpc) is 2.86. The number of ether oxygens (including phenoxy) is 2. The van der Waals surface area contributed by atoms with Crippen LogP contribution in [0.5, 0.6) is 0 Å². The summed E-state index contributed by atoms with van der Waals surface area (Å²) in [5.74, 6) is 0.772. The number of aliphatic hydroxyl groups excluding tert-OH is 1. The summed E-state index contributed by atoms with van der Waals surface area (Å²) in [4.78, 5) is 0. The van der Waals surface area contributed by atoms with Crippen molar-refractivity contribution in [2.45, 2.75) is 33.3 Å². The van der Waals surface area contributed by atoms with Crippen LogP contribution in [0.25, 0.3) is 0 Å². The lowest BCUT2D eigenvalue weighted by atomic mass is 10.1. The zero-order valence-electron chi connectivity index (χ0n) is 11.4. The van der Waals surface area contributed by atoms with E-state index < -0.39 is 6.10 Å². The number of rotatable bonds is 10.